The molecule has 1 aromatic carbocycles. The standard InChI is InChI=1S/C14H20ClNO3/c1-17-12-6-5-10(13(15)14(12)18-2)8-16-11-4-3-7-19-9-11/h5-6,11,16H,3-4,7-9H2,1-2H3. The minimum absolute atomic E-state index is 0.401. The van der Waals surface area contributed by atoms with Crippen LogP contribution < -0.4 is 14.8 Å². The van der Waals surface area contributed by atoms with Crippen molar-refractivity contribution in [3.05, 3.63) is 22.7 Å². The highest BCUT2D eigenvalue weighted by atomic mass is 35.5. The molecule has 1 unspecified atom stereocenters. The predicted octanol–water partition coefficient (Wildman–Crippen LogP) is 2.63. The molecule has 5 heteroatoms. The van der Waals surface area contributed by atoms with E-state index in [1.165, 1.54) is 0 Å². The van der Waals surface area contributed by atoms with Gasteiger partial charge in [-0.3, -0.25) is 0 Å². The van der Waals surface area contributed by atoms with Gasteiger partial charge in [-0.25, -0.2) is 0 Å². The summed E-state index contributed by atoms with van der Waals surface area (Å²) in [4.78, 5) is 0. The van der Waals surface area contributed by atoms with Crippen molar-refractivity contribution in [2.75, 3.05) is 27.4 Å². The van der Waals surface area contributed by atoms with Gasteiger partial charge >= 0.3 is 0 Å². The summed E-state index contributed by atoms with van der Waals surface area (Å²) >= 11 is 6.33. The van der Waals surface area contributed by atoms with E-state index in [1.54, 1.807) is 14.2 Å². The Morgan fingerprint density at radius 3 is 2.84 bits per heavy atom. The van der Waals surface area contributed by atoms with Gasteiger partial charge in [0.05, 0.1) is 25.8 Å². The predicted molar refractivity (Wildman–Crippen MR) is 75.2 cm³/mol. The van der Waals surface area contributed by atoms with Crippen LogP contribution in [-0.2, 0) is 11.3 Å². The lowest BCUT2D eigenvalue weighted by atomic mass is 10.1. The van der Waals surface area contributed by atoms with E-state index in [0.29, 0.717) is 29.1 Å². The molecule has 1 heterocycles. The van der Waals surface area contributed by atoms with Crippen molar-refractivity contribution in [2.24, 2.45) is 0 Å². The molecular weight excluding hydrogens is 266 g/mol. The lowest BCUT2D eigenvalue weighted by molar-refractivity contribution is 0.0699. The zero-order valence-electron chi connectivity index (χ0n) is 11.4. The Balaban J connectivity index is 2.03. The van der Waals surface area contributed by atoms with Gasteiger partial charge < -0.3 is 19.5 Å². The van der Waals surface area contributed by atoms with E-state index in [9.17, 15) is 0 Å². The third-order valence-corrected chi connectivity index (χ3v) is 3.72. The van der Waals surface area contributed by atoms with Gasteiger partial charge in [0.15, 0.2) is 11.5 Å². The molecule has 0 spiro atoms. The second kappa shape index (κ2) is 6.98. The number of rotatable bonds is 5. The molecule has 1 fully saturated rings. The van der Waals surface area contributed by atoms with Crippen molar-refractivity contribution in [1.29, 1.82) is 0 Å². The second-order valence-corrected chi connectivity index (χ2v) is 4.95. The van der Waals surface area contributed by atoms with Crippen molar-refractivity contribution in [3.8, 4) is 11.5 Å². The Kier molecular flexibility index (Phi) is 5.31. The first-order valence-corrected chi connectivity index (χ1v) is 6.84. The van der Waals surface area contributed by atoms with E-state index in [-0.39, 0.29) is 0 Å². The van der Waals surface area contributed by atoms with Crippen LogP contribution in [0.5, 0.6) is 11.5 Å². The molecular formula is C14H20ClNO3. The van der Waals surface area contributed by atoms with Crippen LogP contribution in [0.1, 0.15) is 18.4 Å². The van der Waals surface area contributed by atoms with Gasteiger partial charge in [0.25, 0.3) is 0 Å². The number of hydrogen-bond acceptors (Lipinski definition) is 4. The molecule has 4 nitrogen and oxygen atoms in total. The van der Waals surface area contributed by atoms with Gasteiger partial charge in [0, 0.05) is 19.2 Å². The molecule has 0 amide bonds. The van der Waals surface area contributed by atoms with Gasteiger partial charge in [0.1, 0.15) is 0 Å². The minimum Gasteiger partial charge on any atom is -0.493 e. The summed E-state index contributed by atoms with van der Waals surface area (Å²) in [7, 11) is 3.20. The van der Waals surface area contributed by atoms with Crippen LogP contribution in [0.25, 0.3) is 0 Å². The molecule has 1 N–H and O–H groups in total. The van der Waals surface area contributed by atoms with Crippen molar-refractivity contribution < 1.29 is 14.2 Å². The first kappa shape index (κ1) is 14.4. The zero-order chi connectivity index (χ0) is 13.7. The number of ether oxygens (including phenoxy) is 3. The Bertz CT molecular complexity index is 419. The maximum atomic E-state index is 6.33. The first-order chi connectivity index (χ1) is 9.26. The third kappa shape index (κ3) is 3.53. The smallest absolute Gasteiger partial charge is 0.179 e. The highest BCUT2D eigenvalue weighted by Crippen LogP contribution is 2.37. The van der Waals surface area contributed by atoms with Crippen molar-refractivity contribution in [1.82, 2.24) is 5.32 Å². The number of methoxy groups -OCH3 is 2. The molecule has 1 aliphatic heterocycles. The highest BCUT2D eigenvalue weighted by molar-refractivity contribution is 6.33. The van der Waals surface area contributed by atoms with Gasteiger partial charge in [-0.2, -0.15) is 0 Å². The molecule has 1 aromatic rings. The summed E-state index contributed by atoms with van der Waals surface area (Å²) < 4.78 is 15.9. The van der Waals surface area contributed by atoms with Crippen molar-refractivity contribution in [3.63, 3.8) is 0 Å². The lowest BCUT2D eigenvalue weighted by Gasteiger charge is -2.23. The molecule has 1 saturated heterocycles. The van der Waals surface area contributed by atoms with Crippen LogP contribution >= 0.6 is 11.6 Å². The molecule has 1 aliphatic rings. The first-order valence-electron chi connectivity index (χ1n) is 6.46. The molecule has 0 aromatic heterocycles. The monoisotopic (exact) mass is 285 g/mol. The van der Waals surface area contributed by atoms with Gasteiger partial charge in [0.2, 0.25) is 0 Å². The molecule has 1 atom stereocenters. The van der Waals surface area contributed by atoms with Crippen LogP contribution in [0, 0.1) is 0 Å². The fraction of sp³-hybridized carbons (Fsp3) is 0.571. The van der Waals surface area contributed by atoms with Crippen molar-refractivity contribution in [2.45, 2.75) is 25.4 Å². The second-order valence-electron chi connectivity index (χ2n) is 4.57. The number of hydrogen-bond donors (Lipinski definition) is 1. The lowest BCUT2D eigenvalue weighted by Crippen LogP contribution is -2.36. The summed E-state index contributed by atoms with van der Waals surface area (Å²) in [5, 5.41) is 4.06. The Hall–Kier alpha value is -0.970. The largest absolute Gasteiger partial charge is 0.493 e. The average Bonchev–Trinajstić information content (AvgIpc) is 2.46. The van der Waals surface area contributed by atoms with Gasteiger partial charge in [-0.1, -0.05) is 17.7 Å². The Morgan fingerprint density at radius 2 is 2.21 bits per heavy atom. The van der Waals surface area contributed by atoms with E-state index in [0.717, 1.165) is 31.6 Å². The SMILES string of the molecule is COc1ccc(CNC2CCCOC2)c(Cl)c1OC. The van der Waals surface area contributed by atoms with Crippen LogP contribution in [-0.4, -0.2) is 33.5 Å². The van der Waals surface area contributed by atoms with E-state index in [1.807, 2.05) is 12.1 Å². The summed E-state index contributed by atoms with van der Waals surface area (Å²) in [6.07, 6.45) is 2.25. The van der Waals surface area contributed by atoms with E-state index >= 15 is 0 Å². The fourth-order valence-electron chi connectivity index (χ4n) is 2.22. The number of benzene rings is 1. The molecule has 19 heavy (non-hydrogen) atoms. The maximum absolute atomic E-state index is 6.33. The van der Waals surface area contributed by atoms with E-state index in [2.05, 4.69) is 5.32 Å². The highest BCUT2D eigenvalue weighted by Gasteiger charge is 2.16. The zero-order valence-corrected chi connectivity index (χ0v) is 12.1. The summed E-state index contributed by atoms with van der Waals surface area (Å²) in [6.45, 7) is 2.34. The molecule has 106 valence electrons. The number of halogens is 1. The minimum atomic E-state index is 0.401. The van der Waals surface area contributed by atoms with Crippen molar-refractivity contribution >= 4 is 11.6 Å². The van der Waals surface area contributed by atoms with Gasteiger partial charge in [-0.15, -0.1) is 0 Å². The number of nitrogens with one attached hydrogen (secondary N) is 1. The van der Waals surface area contributed by atoms with Crippen LogP contribution in [0.4, 0.5) is 0 Å². The molecule has 0 radical (unpaired) electrons. The molecule has 0 saturated carbocycles. The molecule has 2 rings (SSSR count). The maximum Gasteiger partial charge on any atom is 0.179 e. The molecule has 0 aliphatic carbocycles. The summed E-state index contributed by atoms with van der Waals surface area (Å²) in [5.74, 6) is 1.24. The normalized spacial score (nSPS) is 19.2. The average molecular weight is 286 g/mol. The molecule has 0 bridgehead atoms. The Morgan fingerprint density at radius 1 is 1.37 bits per heavy atom. The fourth-order valence-corrected chi connectivity index (χ4v) is 2.52. The quantitative estimate of drug-likeness (QED) is 0.903. The van der Waals surface area contributed by atoms with Gasteiger partial charge in [-0.05, 0) is 24.5 Å². The third-order valence-electron chi connectivity index (χ3n) is 3.31. The van der Waals surface area contributed by atoms with Crippen LogP contribution in [0.2, 0.25) is 5.02 Å². The summed E-state index contributed by atoms with van der Waals surface area (Å²) in [6, 6.07) is 4.23. The van der Waals surface area contributed by atoms with E-state index in [4.69, 9.17) is 25.8 Å². The summed E-state index contributed by atoms with van der Waals surface area (Å²) in [5.41, 5.74) is 1.00. The topological polar surface area (TPSA) is 39.7 Å². The van der Waals surface area contributed by atoms with Crippen LogP contribution in [0.3, 0.4) is 0 Å². The van der Waals surface area contributed by atoms with Crippen LogP contribution in [0.15, 0.2) is 12.1 Å². The van der Waals surface area contributed by atoms with E-state index < -0.39 is 0 Å². The Labute approximate surface area is 119 Å².